The Labute approximate surface area is 149 Å². The van der Waals surface area contributed by atoms with Crippen molar-refractivity contribution >= 4 is 34.0 Å². The van der Waals surface area contributed by atoms with Gasteiger partial charge in [0.25, 0.3) is 0 Å². The Bertz CT molecular complexity index is 697. The number of aromatic nitrogens is 2. The summed E-state index contributed by atoms with van der Waals surface area (Å²) in [6.45, 7) is 2.76. The lowest BCUT2D eigenvalue weighted by Crippen LogP contribution is -2.51. The van der Waals surface area contributed by atoms with Gasteiger partial charge in [0.05, 0.1) is 0 Å². The predicted octanol–water partition coefficient (Wildman–Crippen LogP) is 2.74. The molecule has 1 aliphatic heterocycles. The zero-order valence-electron chi connectivity index (χ0n) is 13.1. The Balaban J connectivity index is 1.47. The first-order valence-corrected chi connectivity index (χ1v) is 8.51. The fraction of sp³-hybridized carbons (Fsp3) is 0.235. The summed E-state index contributed by atoms with van der Waals surface area (Å²) in [4.78, 5) is 24.6. The van der Waals surface area contributed by atoms with Gasteiger partial charge in [-0.1, -0.05) is 28.1 Å². The molecule has 2 heterocycles. The van der Waals surface area contributed by atoms with Crippen LogP contribution in [-0.4, -0.2) is 47.1 Å². The number of amides is 2. The number of nitrogens with zero attached hydrogens (tertiary/aromatic N) is 4. The molecule has 1 aliphatic rings. The Hall–Kier alpha value is -2.41. The molecule has 2 aromatic rings. The monoisotopic (exact) mass is 387 g/mol. The maximum Gasteiger partial charge on any atom is 0.321 e. The SMILES string of the molecule is O=C(N/C=C/c1ccc(Br)cc1)N1CCN(c2ncccn2)CC1. The van der Waals surface area contributed by atoms with E-state index in [1.165, 1.54) is 0 Å². The maximum atomic E-state index is 12.2. The number of urea groups is 1. The lowest BCUT2D eigenvalue weighted by molar-refractivity contribution is 0.198. The number of carbonyl (C=O) groups is 1. The quantitative estimate of drug-likeness (QED) is 0.879. The van der Waals surface area contributed by atoms with E-state index in [1.807, 2.05) is 30.3 Å². The standard InChI is InChI=1S/C17H18BrN5O/c18-15-4-2-14(3-5-15)6-9-21-17(24)23-12-10-22(11-13-23)16-19-7-1-8-20-16/h1-9H,10-13H2,(H,21,24)/b9-6+. The smallest absolute Gasteiger partial charge is 0.321 e. The summed E-state index contributed by atoms with van der Waals surface area (Å²) in [6, 6.07) is 9.59. The van der Waals surface area contributed by atoms with Crippen LogP contribution in [0.25, 0.3) is 6.08 Å². The number of halogens is 1. The molecule has 1 N–H and O–H groups in total. The van der Waals surface area contributed by atoms with Gasteiger partial charge in [0.1, 0.15) is 0 Å². The average molecular weight is 388 g/mol. The van der Waals surface area contributed by atoms with E-state index >= 15 is 0 Å². The molecule has 1 fully saturated rings. The largest absolute Gasteiger partial charge is 0.337 e. The summed E-state index contributed by atoms with van der Waals surface area (Å²) in [5.74, 6) is 0.715. The summed E-state index contributed by atoms with van der Waals surface area (Å²) in [5.41, 5.74) is 1.03. The van der Waals surface area contributed by atoms with Crippen LogP contribution < -0.4 is 10.2 Å². The Morgan fingerprint density at radius 2 is 1.75 bits per heavy atom. The van der Waals surface area contributed by atoms with Crippen LogP contribution in [0.4, 0.5) is 10.7 Å². The molecule has 1 saturated heterocycles. The first-order chi connectivity index (χ1) is 11.7. The highest BCUT2D eigenvalue weighted by molar-refractivity contribution is 9.10. The molecule has 2 amide bonds. The third-order valence-corrected chi connectivity index (χ3v) is 4.28. The molecule has 6 nitrogen and oxygen atoms in total. The lowest BCUT2D eigenvalue weighted by atomic mass is 10.2. The second-order valence-corrected chi connectivity index (χ2v) is 6.27. The summed E-state index contributed by atoms with van der Waals surface area (Å²) < 4.78 is 1.03. The molecule has 0 atom stereocenters. The van der Waals surface area contributed by atoms with Crippen LogP contribution in [0.2, 0.25) is 0 Å². The second-order valence-electron chi connectivity index (χ2n) is 5.36. The van der Waals surface area contributed by atoms with E-state index in [1.54, 1.807) is 29.6 Å². The molecule has 0 spiro atoms. The number of benzene rings is 1. The van der Waals surface area contributed by atoms with Crippen molar-refractivity contribution in [3.8, 4) is 0 Å². The number of rotatable bonds is 3. The van der Waals surface area contributed by atoms with Gasteiger partial charge < -0.3 is 15.1 Å². The highest BCUT2D eigenvalue weighted by Crippen LogP contribution is 2.12. The van der Waals surface area contributed by atoms with Crippen molar-refractivity contribution in [1.29, 1.82) is 0 Å². The van der Waals surface area contributed by atoms with Crippen LogP contribution in [0, 0.1) is 0 Å². The number of piperazine rings is 1. The molecule has 0 saturated carbocycles. The molecule has 0 bridgehead atoms. The Kier molecular flexibility index (Phi) is 5.43. The molecule has 1 aromatic heterocycles. The van der Waals surface area contributed by atoms with Gasteiger partial charge in [0, 0.05) is 49.2 Å². The molecule has 1 aromatic carbocycles. The highest BCUT2D eigenvalue weighted by Gasteiger charge is 2.21. The van der Waals surface area contributed by atoms with Gasteiger partial charge in [-0.2, -0.15) is 0 Å². The zero-order valence-corrected chi connectivity index (χ0v) is 14.7. The second kappa shape index (κ2) is 7.92. The molecule has 0 radical (unpaired) electrons. The minimum absolute atomic E-state index is 0.0861. The van der Waals surface area contributed by atoms with Crippen LogP contribution in [0.15, 0.2) is 53.4 Å². The van der Waals surface area contributed by atoms with Crippen LogP contribution in [-0.2, 0) is 0 Å². The van der Waals surface area contributed by atoms with Crippen molar-refractivity contribution in [2.24, 2.45) is 0 Å². The van der Waals surface area contributed by atoms with E-state index < -0.39 is 0 Å². The first kappa shape index (κ1) is 16.4. The Morgan fingerprint density at radius 1 is 1.08 bits per heavy atom. The fourth-order valence-corrected chi connectivity index (χ4v) is 2.70. The van der Waals surface area contributed by atoms with Crippen molar-refractivity contribution < 1.29 is 4.79 Å². The van der Waals surface area contributed by atoms with E-state index in [0.29, 0.717) is 19.0 Å². The summed E-state index contributed by atoms with van der Waals surface area (Å²) in [5, 5.41) is 2.82. The first-order valence-electron chi connectivity index (χ1n) is 7.72. The molecule has 124 valence electrons. The minimum Gasteiger partial charge on any atom is -0.337 e. The van der Waals surface area contributed by atoms with Gasteiger partial charge in [0.2, 0.25) is 5.95 Å². The molecular formula is C17H18BrN5O. The zero-order chi connectivity index (χ0) is 16.8. The molecule has 3 rings (SSSR count). The highest BCUT2D eigenvalue weighted by atomic mass is 79.9. The van der Waals surface area contributed by atoms with Crippen LogP contribution in [0.3, 0.4) is 0 Å². The third-order valence-electron chi connectivity index (χ3n) is 3.75. The van der Waals surface area contributed by atoms with Crippen molar-refractivity contribution in [1.82, 2.24) is 20.2 Å². The van der Waals surface area contributed by atoms with Gasteiger partial charge in [-0.05, 0) is 29.8 Å². The van der Waals surface area contributed by atoms with Gasteiger partial charge in [-0.15, -0.1) is 0 Å². The van der Waals surface area contributed by atoms with Gasteiger partial charge in [-0.3, -0.25) is 0 Å². The van der Waals surface area contributed by atoms with Crippen LogP contribution in [0.5, 0.6) is 0 Å². The summed E-state index contributed by atoms with van der Waals surface area (Å²) in [7, 11) is 0. The number of carbonyl (C=O) groups excluding carboxylic acids is 1. The molecule has 0 aliphatic carbocycles. The van der Waals surface area contributed by atoms with Gasteiger partial charge in [0.15, 0.2) is 0 Å². The topological polar surface area (TPSA) is 61.4 Å². The maximum absolute atomic E-state index is 12.2. The van der Waals surface area contributed by atoms with E-state index in [9.17, 15) is 4.79 Å². The normalized spacial score (nSPS) is 14.9. The van der Waals surface area contributed by atoms with E-state index in [-0.39, 0.29) is 6.03 Å². The molecule has 0 unspecified atom stereocenters. The van der Waals surface area contributed by atoms with Crippen LogP contribution >= 0.6 is 15.9 Å². The van der Waals surface area contributed by atoms with Gasteiger partial charge in [-0.25, -0.2) is 14.8 Å². The Morgan fingerprint density at radius 3 is 2.42 bits per heavy atom. The van der Waals surface area contributed by atoms with Crippen LogP contribution in [0.1, 0.15) is 5.56 Å². The van der Waals surface area contributed by atoms with E-state index in [2.05, 4.69) is 36.1 Å². The predicted molar refractivity (Wildman–Crippen MR) is 97.5 cm³/mol. The van der Waals surface area contributed by atoms with Crippen molar-refractivity contribution in [3.05, 3.63) is 59.0 Å². The minimum atomic E-state index is -0.0861. The van der Waals surface area contributed by atoms with Crippen molar-refractivity contribution in [3.63, 3.8) is 0 Å². The summed E-state index contributed by atoms with van der Waals surface area (Å²) >= 11 is 3.40. The number of hydrogen-bond acceptors (Lipinski definition) is 4. The number of anilines is 1. The average Bonchev–Trinajstić information content (AvgIpc) is 2.64. The van der Waals surface area contributed by atoms with Crippen molar-refractivity contribution in [2.45, 2.75) is 0 Å². The number of hydrogen-bond donors (Lipinski definition) is 1. The lowest BCUT2D eigenvalue weighted by Gasteiger charge is -2.34. The molecule has 7 heteroatoms. The van der Waals surface area contributed by atoms with E-state index in [4.69, 9.17) is 0 Å². The summed E-state index contributed by atoms with van der Waals surface area (Å²) in [6.07, 6.45) is 7.01. The van der Waals surface area contributed by atoms with Gasteiger partial charge >= 0.3 is 6.03 Å². The molecular weight excluding hydrogens is 370 g/mol. The molecule has 24 heavy (non-hydrogen) atoms. The fourth-order valence-electron chi connectivity index (χ4n) is 2.44. The van der Waals surface area contributed by atoms with Crippen molar-refractivity contribution in [2.75, 3.05) is 31.1 Å². The number of nitrogens with one attached hydrogen (secondary N) is 1. The van der Waals surface area contributed by atoms with E-state index in [0.717, 1.165) is 23.1 Å². The third kappa shape index (κ3) is 4.32.